The van der Waals surface area contributed by atoms with Crippen LogP contribution in [0.25, 0.3) is 0 Å². The summed E-state index contributed by atoms with van der Waals surface area (Å²) in [4.78, 5) is 5.17. The van der Waals surface area contributed by atoms with Crippen molar-refractivity contribution in [3.05, 3.63) is 28.8 Å². The van der Waals surface area contributed by atoms with Crippen molar-refractivity contribution in [1.29, 1.82) is 0 Å². The highest BCUT2D eigenvalue weighted by molar-refractivity contribution is 6.31. The van der Waals surface area contributed by atoms with Crippen LogP contribution in [0.3, 0.4) is 0 Å². The van der Waals surface area contributed by atoms with Gasteiger partial charge in [0.1, 0.15) is 0 Å². The summed E-state index contributed by atoms with van der Waals surface area (Å²) in [6.07, 6.45) is 5.66. The first-order valence-electron chi connectivity index (χ1n) is 8.20. The Labute approximate surface area is 133 Å². The Morgan fingerprint density at radius 2 is 1.86 bits per heavy atom. The van der Waals surface area contributed by atoms with Gasteiger partial charge in [0.25, 0.3) is 0 Å². The normalized spacial score (nSPS) is 21.1. The van der Waals surface area contributed by atoms with Gasteiger partial charge in [-0.25, -0.2) is 0 Å². The maximum Gasteiger partial charge on any atom is 0.0471 e. The lowest BCUT2D eigenvalue weighted by molar-refractivity contribution is 0.187. The molecule has 3 rings (SSSR count). The van der Waals surface area contributed by atoms with Crippen molar-refractivity contribution >= 4 is 17.3 Å². The molecule has 0 unspecified atom stereocenters. The van der Waals surface area contributed by atoms with E-state index in [1.807, 2.05) is 7.05 Å². The molecule has 1 aromatic rings. The Kier molecular flexibility index (Phi) is 5.04. The molecule has 2 fully saturated rings. The van der Waals surface area contributed by atoms with Crippen molar-refractivity contribution in [1.82, 2.24) is 10.2 Å². The van der Waals surface area contributed by atoms with E-state index in [2.05, 4.69) is 33.3 Å². The molecule has 1 heterocycles. The van der Waals surface area contributed by atoms with Crippen molar-refractivity contribution in [2.24, 2.45) is 0 Å². The Morgan fingerprint density at radius 1 is 1.14 bits per heavy atom. The van der Waals surface area contributed by atoms with Crippen molar-refractivity contribution < 1.29 is 0 Å². The highest BCUT2D eigenvalue weighted by Gasteiger charge is 2.26. The number of benzene rings is 1. The molecule has 116 valence electrons. The van der Waals surface area contributed by atoms with E-state index in [0.717, 1.165) is 30.7 Å². The molecule has 0 radical (unpaired) electrons. The molecule has 1 N–H and O–H groups in total. The summed E-state index contributed by atoms with van der Waals surface area (Å²) >= 11 is 6.38. The molecule has 21 heavy (non-hydrogen) atoms. The highest BCUT2D eigenvalue weighted by atomic mass is 35.5. The molecular formula is C17H26ClN3. The second-order valence-corrected chi connectivity index (χ2v) is 6.67. The van der Waals surface area contributed by atoms with Crippen LogP contribution in [-0.4, -0.2) is 44.2 Å². The van der Waals surface area contributed by atoms with Gasteiger partial charge >= 0.3 is 0 Å². The Balaban J connectivity index is 1.59. The van der Waals surface area contributed by atoms with Gasteiger partial charge in [0, 0.05) is 49.5 Å². The summed E-state index contributed by atoms with van der Waals surface area (Å²) in [7, 11) is 1.95. The van der Waals surface area contributed by atoms with Crippen molar-refractivity contribution in [3.8, 4) is 0 Å². The first-order chi connectivity index (χ1) is 10.3. The van der Waals surface area contributed by atoms with Crippen molar-refractivity contribution in [3.63, 3.8) is 0 Å². The standard InChI is InChI=1S/C17H26ClN3/c1-19-13-14-6-7-16(12-17(14)18)21-10-8-20(9-11-21)15-4-2-3-5-15/h6-7,12,15,19H,2-5,8-11,13H2,1H3. The monoisotopic (exact) mass is 307 g/mol. The van der Waals surface area contributed by atoms with Crippen LogP contribution >= 0.6 is 11.6 Å². The zero-order valence-corrected chi connectivity index (χ0v) is 13.7. The third-order valence-electron chi connectivity index (χ3n) is 4.92. The molecule has 1 aliphatic carbocycles. The first-order valence-corrected chi connectivity index (χ1v) is 8.58. The minimum absolute atomic E-state index is 0.828. The Bertz CT molecular complexity index is 463. The molecular weight excluding hydrogens is 282 g/mol. The van der Waals surface area contributed by atoms with Crippen LogP contribution in [0.2, 0.25) is 5.02 Å². The van der Waals surface area contributed by atoms with Gasteiger partial charge in [0.2, 0.25) is 0 Å². The van der Waals surface area contributed by atoms with Crippen LogP contribution in [-0.2, 0) is 6.54 Å². The van der Waals surface area contributed by atoms with Gasteiger partial charge in [-0.2, -0.15) is 0 Å². The van der Waals surface area contributed by atoms with E-state index in [1.54, 1.807) is 0 Å². The van der Waals surface area contributed by atoms with Crippen molar-refractivity contribution in [2.75, 3.05) is 38.1 Å². The number of rotatable bonds is 4. The maximum absolute atomic E-state index is 6.38. The molecule has 1 saturated carbocycles. The molecule has 0 atom stereocenters. The first kappa shape index (κ1) is 15.1. The molecule has 0 bridgehead atoms. The van der Waals surface area contributed by atoms with Gasteiger partial charge in [0.05, 0.1) is 0 Å². The second-order valence-electron chi connectivity index (χ2n) is 6.27. The summed E-state index contributed by atoms with van der Waals surface area (Å²) in [5.41, 5.74) is 2.44. The molecule has 2 aliphatic rings. The average molecular weight is 308 g/mol. The predicted octanol–water partition coefficient (Wildman–Crippen LogP) is 3.12. The number of anilines is 1. The van der Waals surface area contributed by atoms with E-state index in [-0.39, 0.29) is 0 Å². The summed E-state index contributed by atoms with van der Waals surface area (Å²) < 4.78 is 0. The number of halogens is 1. The zero-order chi connectivity index (χ0) is 14.7. The van der Waals surface area contributed by atoms with Crippen LogP contribution in [0.15, 0.2) is 18.2 Å². The van der Waals surface area contributed by atoms with Crippen LogP contribution in [0.1, 0.15) is 31.2 Å². The number of nitrogens with one attached hydrogen (secondary N) is 1. The molecule has 1 aromatic carbocycles. The van der Waals surface area contributed by atoms with E-state index < -0.39 is 0 Å². The summed E-state index contributed by atoms with van der Waals surface area (Å²) in [5, 5.41) is 4.03. The van der Waals surface area contributed by atoms with E-state index in [9.17, 15) is 0 Å². The number of piperazine rings is 1. The fourth-order valence-electron chi connectivity index (χ4n) is 3.68. The van der Waals surface area contributed by atoms with Crippen LogP contribution in [0.5, 0.6) is 0 Å². The van der Waals surface area contributed by atoms with Crippen molar-refractivity contribution in [2.45, 2.75) is 38.3 Å². The largest absolute Gasteiger partial charge is 0.369 e. The third-order valence-corrected chi connectivity index (χ3v) is 5.28. The Hall–Kier alpha value is -0.770. The lowest BCUT2D eigenvalue weighted by Crippen LogP contribution is -2.49. The summed E-state index contributed by atoms with van der Waals surface area (Å²) in [6.45, 7) is 5.46. The second kappa shape index (κ2) is 6.99. The summed E-state index contributed by atoms with van der Waals surface area (Å²) in [6, 6.07) is 7.34. The predicted molar refractivity (Wildman–Crippen MR) is 90.3 cm³/mol. The van der Waals surface area contributed by atoms with E-state index >= 15 is 0 Å². The number of hydrogen-bond acceptors (Lipinski definition) is 3. The smallest absolute Gasteiger partial charge is 0.0471 e. The molecule has 0 aromatic heterocycles. The number of hydrogen-bond donors (Lipinski definition) is 1. The fraction of sp³-hybridized carbons (Fsp3) is 0.647. The zero-order valence-electron chi connectivity index (χ0n) is 12.9. The molecule has 4 heteroatoms. The van der Waals surface area contributed by atoms with Gasteiger partial charge in [-0.15, -0.1) is 0 Å². The summed E-state index contributed by atoms with van der Waals surface area (Å²) in [5.74, 6) is 0. The third kappa shape index (κ3) is 3.53. The molecule has 1 saturated heterocycles. The SMILES string of the molecule is CNCc1ccc(N2CCN(C3CCCC3)CC2)cc1Cl. The maximum atomic E-state index is 6.38. The molecule has 0 amide bonds. The quantitative estimate of drug-likeness (QED) is 0.922. The van der Waals surface area contributed by atoms with Crippen LogP contribution in [0.4, 0.5) is 5.69 Å². The van der Waals surface area contributed by atoms with Gasteiger partial charge < -0.3 is 10.2 Å². The Morgan fingerprint density at radius 3 is 2.48 bits per heavy atom. The highest BCUT2D eigenvalue weighted by Crippen LogP contribution is 2.27. The topological polar surface area (TPSA) is 18.5 Å². The van der Waals surface area contributed by atoms with E-state index in [1.165, 1.54) is 50.0 Å². The molecule has 3 nitrogen and oxygen atoms in total. The van der Waals surface area contributed by atoms with Crippen LogP contribution < -0.4 is 10.2 Å². The van der Waals surface area contributed by atoms with Gasteiger partial charge in [0.15, 0.2) is 0 Å². The van der Waals surface area contributed by atoms with Gasteiger partial charge in [-0.1, -0.05) is 30.5 Å². The average Bonchev–Trinajstić information content (AvgIpc) is 3.04. The number of nitrogens with zero attached hydrogens (tertiary/aromatic N) is 2. The van der Waals surface area contributed by atoms with Crippen LogP contribution in [0, 0.1) is 0 Å². The van der Waals surface area contributed by atoms with E-state index in [4.69, 9.17) is 11.6 Å². The van der Waals surface area contributed by atoms with E-state index in [0.29, 0.717) is 0 Å². The minimum atomic E-state index is 0.828. The lowest BCUT2D eigenvalue weighted by Gasteiger charge is -2.39. The molecule has 1 aliphatic heterocycles. The van der Waals surface area contributed by atoms with Gasteiger partial charge in [-0.3, -0.25) is 4.90 Å². The lowest BCUT2D eigenvalue weighted by atomic mass is 10.1. The fourth-order valence-corrected chi connectivity index (χ4v) is 3.92. The van der Waals surface area contributed by atoms with Gasteiger partial charge in [-0.05, 0) is 37.6 Å². The molecule has 0 spiro atoms. The minimum Gasteiger partial charge on any atom is -0.369 e.